The van der Waals surface area contributed by atoms with E-state index in [2.05, 4.69) is 19.2 Å². The number of nitro groups is 1. The average Bonchev–Trinajstić information content (AvgIpc) is 2.27. The molecule has 1 unspecified atom stereocenters. The molecule has 0 amide bonds. The quantitative estimate of drug-likeness (QED) is 0.592. The Kier molecular flexibility index (Phi) is 4.76. The van der Waals surface area contributed by atoms with Crippen LogP contribution >= 0.6 is 0 Å². The van der Waals surface area contributed by atoms with Crippen molar-refractivity contribution in [3.05, 3.63) is 34.4 Å². The molecule has 1 N–H and O–H groups in total. The fourth-order valence-corrected chi connectivity index (χ4v) is 1.59. The lowest BCUT2D eigenvalue weighted by molar-refractivity contribution is -0.384. The lowest BCUT2D eigenvalue weighted by Gasteiger charge is -2.12. The van der Waals surface area contributed by atoms with Gasteiger partial charge < -0.3 is 5.32 Å². The van der Waals surface area contributed by atoms with Gasteiger partial charge in [0.1, 0.15) is 0 Å². The summed E-state index contributed by atoms with van der Waals surface area (Å²) in [5, 5.41) is 13.7. The SMILES string of the molecule is CCCC(C)CNc1ccc([N+](=O)[O-])cc1. The number of non-ortho nitro benzene ring substituents is 1. The number of nitro benzene ring substituents is 1. The molecule has 0 radical (unpaired) electrons. The Bertz CT molecular complexity index is 335. The van der Waals surface area contributed by atoms with Gasteiger partial charge >= 0.3 is 0 Å². The van der Waals surface area contributed by atoms with Crippen LogP contribution in [0.15, 0.2) is 24.3 Å². The van der Waals surface area contributed by atoms with Gasteiger partial charge in [0.2, 0.25) is 0 Å². The molecule has 0 saturated carbocycles. The predicted octanol–water partition coefficient (Wildman–Crippen LogP) is 3.44. The Morgan fingerprint density at radius 3 is 2.50 bits per heavy atom. The van der Waals surface area contributed by atoms with Gasteiger partial charge in [-0.1, -0.05) is 20.3 Å². The van der Waals surface area contributed by atoms with Gasteiger partial charge in [0, 0.05) is 24.4 Å². The highest BCUT2D eigenvalue weighted by molar-refractivity contribution is 5.48. The van der Waals surface area contributed by atoms with Crippen molar-refractivity contribution in [3.8, 4) is 0 Å². The first-order valence-electron chi connectivity index (χ1n) is 5.61. The van der Waals surface area contributed by atoms with E-state index in [1.54, 1.807) is 12.1 Å². The summed E-state index contributed by atoms with van der Waals surface area (Å²) in [6.45, 7) is 5.27. The first-order valence-corrected chi connectivity index (χ1v) is 5.61. The summed E-state index contributed by atoms with van der Waals surface area (Å²) in [6, 6.07) is 6.53. The van der Waals surface area contributed by atoms with Gasteiger partial charge in [0.05, 0.1) is 4.92 Å². The van der Waals surface area contributed by atoms with Crippen LogP contribution in [0.4, 0.5) is 11.4 Å². The average molecular weight is 222 g/mol. The van der Waals surface area contributed by atoms with Crippen LogP contribution in [0.5, 0.6) is 0 Å². The highest BCUT2D eigenvalue weighted by Gasteiger charge is 2.04. The molecule has 0 fully saturated rings. The van der Waals surface area contributed by atoms with Crippen molar-refractivity contribution in [1.29, 1.82) is 0 Å². The Balaban J connectivity index is 2.46. The Morgan fingerprint density at radius 1 is 1.38 bits per heavy atom. The van der Waals surface area contributed by atoms with E-state index in [9.17, 15) is 10.1 Å². The fraction of sp³-hybridized carbons (Fsp3) is 0.500. The third kappa shape index (κ3) is 3.88. The van der Waals surface area contributed by atoms with Crippen LogP contribution in [0, 0.1) is 16.0 Å². The summed E-state index contributed by atoms with van der Waals surface area (Å²) in [5.74, 6) is 0.625. The predicted molar refractivity (Wildman–Crippen MR) is 65.7 cm³/mol. The highest BCUT2D eigenvalue weighted by Crippen LogP contribution is 2.16. The first-order chi connectivity index (χ1) is 7.63. The van der Waals surface area contributed by atoms with Crippen LogP contribution in [0.2, 0.25) is 0 Å². The van der Waals surface area contributed by atoms with E-state index >= 15 is 0 Å². The largest absolute Gasteiger partial charge is 0.385 e. The van der Waals surface area contributed by atoms with E-state index in [0.717, 1.165) is 12.2 Å². The molecule has 0 heterocycles. The van der Waals surface area contributed by atoms with E-state index < -0.39 is 0 Å². The number of benzene rings is 1. The normalized spacial score (nSPS) is 12.1. The number of hydrogen-bond acceptors (Lipinski definition) is 3. The molecule has 16 heavy (non-hydrogen) atoms. The molecule has 0 aliphatic rings. The van der Waals surface area contributed by atoms with Crippen molar-refractivity contribution in [2.75, 3.05) is 11.9 Å². The van der Waals surface area contributed by atoms with E-state index in [1.165, 1.54) is 25.0 Å². The summed E-state index contributed by atoms with van der Waals surface area (Å²) in [4.78, 5) is 10.1. The molecule has 1 rings (SSSR count). The second kappa shape index (κ2) is 6.10. The minimum atomic E-state index is -0.385. The maximum Gasteiger partial charge on any atom is 0.269 e. The molecule has 0 aromatic heterocycles. The van der Waals surface area contributed by atoms with Gasteiger partial charge in [-0.3, -0.25) is 10.1 Å². The number of rotatable bonds is 6. The maximum absolute atomic E-state index is 10.4. The van der Waals surface area contributed by atoms with Gasteiger partial charge in [-0.25, -0.2) is 0 Å². The van der Waals surface area contributed by atoms with Crippen LogP contribution in [-0.4, -0.2) is 11.5 Å². The Hall–Kier alpha value is -1.58. The molecule has 1 aromatic carbocycles. The Labute approximate surface area is 95.8 Å². The van der Waals surface area contributed by atoms with Crippen molar-refractivity contribution < 1.29 is 4.92 Å². The molecule has 4 heteroatoms. The number of anilines is 1. The molecule has 0 aliphatic heterocycles. The third-order valence-corrected chi connectivity index (χ3v) is 2.51. The summed E-state index contributed by atoms with van der Waals surface area (Å²) in [5.41, 5.74) is 1.07. The van der Waals surface area contributed by atoms with Crippen molar-refractivity contribution in [2.24, 2.45) is 5.92 Å². The molecular weight excluding hydrogens is 204 g/mol. The second-order valence-corrected chi connectivity index (χ2v) is 4.08. The van der Waals surface area contributed by atoms with Crippen LogP contribution in [0.3, 0.4) is 0 Å². The Morgan fingerprint density at radius 2 is 2.00 bits per heavy atom. The smallest absolute Gasteiger partial charge is 0.269 e. The van der Waals surface area contributed by atoms with Crippen LogP contribution in [-0.2, 0) is 0 Å². The van der Waals surface area contributed by atoms with Gasteiger partial charge in [-0.15, -0.1) is 0 Å². The molecule has 1 atom stereocenters. The van der Waals surface area contributed by atoms with E-state index in [4.69, 9.17) is 0 Å². The van der Waals surface area contributed by atoms with Crippen molar-refractivity contribution in [1.82, 2.24) is 0 Å². The van der Waals surface area contributed by atoms with Crippen LogP contribution in [0.1, 0.15) is 26.7 Å². The minimum absolute atomic E-state index is 0.132. The van der Waals surface area contributed by atoms with Gasteiger partial charge in [-0.2, -0.15) is 0 Å². The first kappa shape index (κ1) is 12.5. The van der Waals surface area contributed by atoms with Crippen molar-refractivity contribution in [2.45, 2.75) is 26.7 Å². The summed E-state index contributed by atoms with van der Waals surface area (Å²) in [7, 11) is 0. The monoisotopic (exact) mass is 222 g/mol. The van der Waals surface area contributed by atoms with Crippen LogP contribution in [0.25, 0.3) is 0 Å². The lowest BCUT2D eigenvalue weighted by Crippen LogP contribution is -2.10. The highest BCUT2D eigenvalue weighted by atomic mass is 16.6. The summed E-state index contributed by atoms with van der Waals surface area (Å²) in [6.07, 6.45) is 2.38. The van der Waals surface area contributed by atoms with Gasteiger partial charge in [0.15, 0.2) is 0 Å². The maximum atomic E-state index is 10.4. The third-order valence-electron chi connectivity index (χ3n) is 2.51. The number of hydrogen-bond donors (Lipinski definition) is 1. The zero-order valence-electron chi connectivity index (χ0n) is 9.77. The molecule has 0 aliphatic carbocycles. The van der Waals surface area contributed by atoms with Gasteiger partial charge in [0.25, 0.3) is 5.69 Å². The van der Waals surface area contributed by atoms with E-state index in [0.29, 0.717) is 5.92 Å². The topological polar surface area (TPSA) is 55.2 Å². The molecule has 0 bridgehead atoms. The molecule has 4 nitrogen and oxygen atoms in total. The van der Waals surface area contributed by atoms with Crippen molar-refractivity contribution in [3.63, 3.8) is 0 Å². The zero-order chi connectivity index (χ0) is 12.0. The van der Waals surface area contributed by atoms with E-state index in [-0.39, 0.29) is 10.6 Å². The van der Waals surface area contributed by atoms with E-state index in [1.807, 2.05) is 0 Å². The lowest BCUT2D eigenvalue weighted by atomic mass is 10.1. The minimum Gasteiger partial charge on any atom is -0.385 e. The zero-order valence-corrected chi connectivity index (χ0v) is 9.77. The molecular formula is C12H18N2O2. The van der Waals surface area contributed by atoms with Gasteiger partial charge in [-0.05, 0) is 24.5 Å². The molecule has 1 aromatic rings. The molecule has 0 saturated heterocycles. The fourth-order valence-electron chi connectivity index (χ4n) is 1.59. The van der Waals surface area contributed by atoms with Crippen molar-refractivity contribution >= 4 is 11.4 Å². The molecule has 0 spiro atoms. The summed E-state index contributed by atoms with van der Waals surface area (Å²) < 4.78 is 0. The number of nitrogens with one attached hydrogen (secondary N) is 1. The number of nitrogens with zero attached hydrogens (tertiary/aromatic N) is 1. The summed E-state index contributed by atoms with van der Waals surface area (Å²) >= 11 is 0. The standard InChI is InChI=1S/C12H18N2O2/c1-3-4-10(2)9-13-11-5-7-12(8-6-11)14(15)16/h5-8,10,13H,3-4,9H2,1-2H3. The molecule has 88 valence electrons. The second-order valence-electron chi connectivity index (χ2n) is 4.08. The van der Waals surface area contributed by atoms with Crippen LogP contribution < -0.4 is 5.32 Å².